The largest absolute Gasteiger partial charge is 0.353 e. The Morgan fingerprint density at radius 3 is 2.50 bits per heavy atom. The number of piperazine rings is 1. The summed E-state index contributed by atoms with van der Waals surface area (Å²) in [5, 5.41) is 5.27. The lowest BCUT2D eigenvalue weighted by molar-refractivity contribution is 0.0746. The Labute approximate surface area is 189 Å². The van der Waals surface area contributed by atoms with Crippen molar-refractivity contribution in [3.05, 3.63) is 81.6 Å². The Morgan fingerprint density at radius 1 is 0.969 bits per heavy atom. The molecule has 8 heteroatoms. The number of carbonyl (C=O) groups excluding carboxylic acids is 1. The molecular weight excluding hydrogens is 422 g/mol. The van der Waals surface area contributed by atoms with E-state index in [9.17, 15) is 9.59 Å². The standard InChI is InChI=1S/C24H23N5O2S/c1-16-6-5-8-18(14-16)23(31)28-12-10-27(11-13-28)20-15-21(30)29-24(25-20)32-22(26-29)19-9-4-3-7-17(19)2/h3-9,14-15H,10-13H2,1-2H3. The summed E-state index contributed by atoms with van der Waals surface area (Å²) >= 11 is 1.41. The Hall–Kier alpha value is -3.52. The summed E-state index contributed by atoms with van der Waals surface area (Å²) in [6.45, 7) is 6.45. The molecule has 162 valence electrons. The van der Waals surface area contributed by atoms with E-state index in [0.717, 1.165) is 21.7 Å². The van der Waals surface area contributed by atoms with Crippen molar-refractivity contribution < 1.29 is 4.79 Å². The quantitative estimate of drug-likeness (QED) is 0.483. The summed E-state index contributed by atoms with van der Waals surface area (Å²) in [5.74, 6) is 0.680. The Balaban J connectivity index is 1.36. The summed E-state index contributed by atoms with van der Waals surface area (Å²) < 4.78 is 1.37. The summed E-state index contributed by atoms with van der Waals surface area (Å²) in [6, 6.07) is 17.2. The van der Waals surface area contributed by atoms with Crippen molar-refractivity contribution in [1.29, 1.82) is 0 Å². The minimum atomic E-state index is -0.195. The van der Waals surface area contributed by atoms with Gasteiger partial charge < -0.3 is 9.80 Å². The number of rotatable bonds is 3. The number of hydrogen-bond donors (Lipinski definition) is 0. The van der Waals surface area contributed by atoms with Crippen LogP contribution in [0.1, 0.15) is 21.5 Å². The maximum Gasteiger partial charge on any atom is 0.277 e. The van der Waals surface area contributed by atoms with Crippen LogP contribution in [0, 0.1) is 13.8 Å². The van der Waals surface area contributed by atoms with E-state index in [1.807, 2.05) is 67.3 Å². The fourth-order valence-corrected chi connectivity index (χ4v) is 4.97. The molecule has 1 fully saturated rings. The van der Waals surface area contributed by atoms with Crippen LogP contribution in [0.3, 0.4) is 0 Å². The van der Waals surface area contributed by atoms with E-state index >= 15 is 0 Å². The normalized spacial score (nSPS) is 14.2. The topological polar surface area (TPSA) is 70.8 Å². The van der Waals surface area contributed by atoms with E-state index in [0.29, 0.717) is 42.5 Å². The SMILES string of the molecule is Cc1cccc(C(=O)N2CCN(c3cc(=O)n4nc(-c5ccccc5C)sc4n3)CC2)c1. The molecule has 0 bridgehead atoms. The first-order valence-electron chi connectivity index (χ1n) is 10.6. The van der Waals surface area contributed by atoms with Crippen LogP contribution in [-0.4, -0.2) is 51.6 Å². The number of benzene rings is 2. The summed E-state index contributed by atoms with van der Waals surface area (Å²) in [7, 11) is 0. The zero-order chi connectivity index (χ0) is 22.2. The fourth-order valence-electron chi connectivity index (χ4n) is 3.98. The van der Waals surface area contributed by atoms with Crippen molar-refractivity contribution in [2.24, 2.45) is 0 Å². The van der Waals surface area contributed by atoms with Gasteiger partial charge in [0.25, 0.3) is 11.5 Å². The van der Waals surface area contributed by atoms with Gasteiger partial charge in [-0.15, -0.1) is 0 Å². The molecule has 0 unspecified atom stereocenters. The monoisotopic (exact) mass is 445 g/mol. The van der Waals surface area contributed by atoms with Crippen molar-refractivity contribution in [3.8, 4) is 10.6 Å². The van der Waals surface area contributed by atoms with Crippen LogP contribution in [0.25, 0.3) is 15.5 Å². The van der Waals surface area contributed by atoms with Gasteiger partial charge in [0, 0.05) is 43.4 Å². The Bertz CT molecular complexity index is 1370. The van der Waals surface area contributed by atoms with Crippen LogP contribution in [-0.2, 0) is 0 Å². The lowest BCUT2D eigenvalue weighted by Gasteiger charge is -2.35. The summed E-state index contributed by atoms with van der Waals surface area (Å²) in [6.07, 6.45) is 0. The molecule has 3 heterocycles. The molecule has 1 aliphatic rings. The van der Waals surface area contributed by atoms with Gasteiger partial charge in [0.15, 0.2) is 0 Å². The number of anilines is 1. The van der Waals surface area contributed by atoms with Gasteiger partial charge >= 0.3 is 0 Å². The average molecular weight is 446 g/mol. The van der Waals surface area contributed by atoms with Gasteiger partial charge in [-0.1, -0.05) is 53.3 Å². The summed E-state index contributed by atoms with van der Waals surface area (Å²) in [4.78, 5) is 34.8. The second-order valence-electron chi connectivity index (χ2n) is 8.02. The third-order valence-corrected chi connectivity index (χ3v) is 6.70. The maximum atomic E-state index is 12.8. The van der Waals surface area contributed by atoms with E-state index in [4.69, 9.17) is 4.98 Å². The molecule has 0 atom stereocenters. The van der Waals surface area contributed by atoms with Gasteiger partial charge in [-0.25, -0.2) is 4.98 Å². The zero-order valence-electron chi connectivity index (χ0n) is 18.0. The Morgan fingerprint density at radius 2 is 1.75 bits per heavy atom. The molecule has 0 aliphatic carbocycles. The first-order chi connectivity index (χ1) is 15.5. The number of carbonyl (C=O) groups is 1. The van der Waals surface area contributed by atoms with E-state index in [1.165, 1.54) is 21.9 Å². The molecule has 5 rings (SSSR count). The molecule has 2 aromatic heterocycles. The molecule has 0 N–H and O–H groups in total. The van der Waals surface area contributed by atoms with Crippen molar-refractivity contribution in [2.45, 2.75) is 13.8 Å². The lowest BCUT2D eigenvalue weighted by Crippen LogP contribution is -2.49. The number of aromatic nitrogens is 3. The Kier molecular flexibility index (Phi) is 5.22. The molecule has 32 heavy (non-hydrogen) atoms. The third kappa shape index (κ3) is 3.78. The highest BCUT2D eigenvalue weighted by Crippen LogP contribution is 2.27. The lowest BCUT2D eigenvalue weighted by atomic mass is 10.1. The highest BCUT2D eigenvalue weighted by molar-refractivity contribution is 7.19. The highest BCUT2D eigenvalue weighted by Gasteiger charge is 2.24. The van der Waals surface area contributed by atoms with E-state index < -0.39 is 0 Å². The van der Waals surface area contributed by atoms with Gasteiger partial charge in [-0.2, -0.15) is 9.61 Å². The third-order valence-electron chi connectivity index (χ3n) is 5.76. The van der Waals surface area contributed by atoms with Crippen LogP contribution in [0.4, 0.5) is 5.82 Å². The number of aryl methyl sites for hydroxylation is 2. The van der Waals surface area contributed by atoms with Gasteiger partial charge in [0.2, 0.25) is 4.96 Å². The van der Waals surface area contributed by atoms with Crippen molar-refractivity contribution in [2.75, 3.05) is 31.1 Å². The average Bonchev–Trinajstić information content (AvgIpc) is 3.24. The summed E-state index contributed by atoms with van der Waals surface area (Å²) in [5.41, 5.74) is 3.70. The smallest absolute Gasteiger partial charge is 0.277 e. The van der Waals surface area contributed by atoms with Gasteiger partial charge in [0.05, 0.1) is 0 Å². The van der Waals surface area contributed by atoms with Crippen molar-refractivity contribution >= 4 is 28.0 Å². The van der Waals surface area contributed by atoms with Crippen molar-refractivity contribution in [3.63, 3.8) is 0 Å². The van der Waals surface area contributed by atoms with Gasteiger partial charge in [-0.3, -0.25) is 9.59 Å². The predicted molar refractivity (Wildman–Crippen MR) is 127 cm³/mol. The first-order valence-corrected chi connectivity index (χ1v) is 11.4. The molecule has 0 spiro atoms. The van der Waals surface area contributed by atoms with E-state index in [2.05, 4.69) is 10.00 Å². The maximum absolute atomic E-state index is 12.8. The number of nitrogens with zero attached hydrogens (tertiary/aromatic N) is 5. The molecule has 1 aliphatic heterocycles. The first kappa shape index (κ1) is 20.4. The van der Waals surface area contributed by atoms with E-state index in [1.54, 1.807) is 0 Å². The molecule has 7 nitrogen and oxygen atoms in total. The van der Waals surface area contributed by atoms with E-state index in [-0.39, 0.29) is 11.5 Å². The van der Waals surface area contributed by atoms with Crippen molar-refractivity contribution in [1.82, 2.24) is 19.5 Å². The van der Waals surface area contributed by atoms with Crippen LogP contribution in [0.5, 0.6) is 0 Å². The zero-order valence-corrected chi connectivity index (χ0v) is 18.8. The second-order valence-corrected chi connectivity index (χ2v) is 8.97. The van der Waals surface area contributed by atoms with Crippen LogP contribution >= 0.6 is 11.3 Å². The predicted octanol–water partition coefficient (Wildman–Crippen LogP) is 3.40. The number of fused-ring (bicyclic) bond motifs is 1. The molecule has 1 saturated heterocycles. The van der Waals surface area contributed by atoms with Crippen LogP contribution in [0.2, 0.25) is 0 Å². The molecule has 0 saturated carbocycles. The number of hydrogen-bond acceptors (Lipinski definition) is 6. The fraction of sp³-hybridized carbons (Fsp3) is 0.250. The van der Waals surface area contributed by atoms with Gasteiger partial charge in [0.1, 0.15) is 10.8 Å². The molecule has 0 radical (unpaired) electrons. The highest BCUT2D eigenvalue weighted by atomic mass is 32.1. The molecule has 1 amide bonds. The van der Waals surface area contributed by atoms with Gasteiger partial charge in [-0.05, 0) is 31.5 Å². The molecular formula is C24H23N5O2S. The minimum absolute atomic E-state index is 0.0437. The minimum Gasteiger partial charge on any atom is -0.353 e. The van der Waals surface area contributed by atoms with Crippen LogP contribution in [0.15, 0.2) is 59.4 Å². The number of amides is 1. The second kappa shape index (κ2) is 8.20. The molecule has 2 aromatic carbocycles. The molecule has 4 aromatic rings. The van der Waals surface area contributed by atoms with Crippen LogP contribution < -0.4 is 10.5 Å².